The van der Waals surface area contributed by atoms with Gasteiger partial charge in [0.05, 0.1) is 14.2 Å². The predicted molar refractivity (Wildman–Crippen MR) is 66.9 cm³/mol. The van der Waals surface area contributed by atoms with Gasteiger partial charge in [0.2, 0.25) is 0 Å². The number of hydrogen-bond donors (Lipinski definition) is 0. The van der Waals surface area contributed by atoms with E-state index < -0.39 is 0 Å². The van der Waals surface area contributed by atoms with Crippen molar-refractivity contribution in [3.05, 3.63) is 24.0 Å². The van der Waals surface area contributed by atoms with Crippen LogP contribution in [0.4, 0.5) is 0 Å². The minimum atomic E-state index is 0.231. The van der Waals surface area contributed by atoms with Gasteiger partial charge in [-0.05, 0) is 12.1 Å². The van der Waals surface area contributed by atoms with Gasteiger partial charge in [-0.3, -0.25) is 0 Å². The molecule has 18 heavy (non-hydrogen) atoms. The molecule has 0 saturated carbocycles. The summed E-state index contributed by atoms with van der Waals surface area (Å²) in [5.41, 5.74) is 0.783. The van der Waals surface area contributed by atoms with Gasteiger partial charge in [-0.15, -0.1) is 0 Å². The first kappa shape index (κ1) is 12.4. The number of benzene rings is 1. The van der Waals surface area contributed by atoms with Crippen molar-refractivity contribution in [3.63, 3.8) is 0 Å². The molecule has 96 valence electrons. The van der Waals surface area contributed by atoms with E-state index in [0.717, 1.165) is 5.56 Å². The third-order valence-electron chi connectivity index (χ3n) is 2.56. The molecule has 2 aromatic rings. The molecule has 0 spiro atoms. The van der Waals surface area contributed by atoms with Crippen LogP contribution in [0, 0.1) is 0 Å². The fourth-order valence-electron chi connectivity index (χ4n) is 1.52. The number of hydrogen-bond acceptors (Lipinski definition) is 5. The largest absolute Gasteiger partial charge is 0.497 e. The first-order chi connectivity index (χ1) is 8.63. The van der Waals surface area contributed by atoms with Crippen molar-refractivity contribution in [2.75, 3.05) is 14.2 Å². The third-order valence-corrected chi connectivity index (χ3v) is 2.56. The quantitative estimate of drug-likeness (QED) is 0.832. The molecule has 0 radical (unpaired) electrons. The second-order valence-electron chi connectivity index (χ2n) is 4.21. The maximum Gasteiger partial charge on any atom is 0.258 e. The highest BCUT2D eigenvalue weighted by atomic mass is 16.5. The zero-order valence-corrected chi connectivity index (χ0v) is 10.9. The second-order valence-corrected chi connectivity index (χ2v) is 4.21. The molecule has 0 atom stereocenters. The van der Waals surface area contributed by atoms with E-state index in [1.807, 2.05) is 26.0 Å². The summed E-state index contributed by atoms with van der Waals surface area (Å²) in [6.07, 6.45) is 0. The van der Waals surface area contributed by atoms with Gasteiger partial charge in [-0.1, -0.05) is 19.0 Å². The van der Waals surface area contributed by atoms with E-state index in [2.05, 4.69) is 10.1 Å². The van der Waals surface area contributed by atoms with E-state index in [4.69, 9.17) is 14.0 Å². The van der Waals surface area contributed by atoms with Crippen molar-refractivity contribution in [2.45, 2.75) is 19.8 Å². The van der Waals surface area contributed by atoms with Gasteiger partial charge in [-0.2, -0.15) is 4.98 Å². The Hall–Kier alpha value is -2.04. The smallest absolute Gasteiger partial charge is 0.258 e. The van der Waals surface area contributed by atoms with Crippen LogP contribution in [0.3, 0.4) is 0 Å². The molecular formula is C13H16N2O3. The molecule has 0 bridgehead atoms. The van der Waals surface area contributed by atoms with Crippen molar-refractivity contribution < 1.29 is 14.0 Å². The lowest BCUT2D eigenvalue weighted by molar-refractivity contribution is 0.392. The number of methoxy groups -OCH3 is 2. The third kappa shape index (κ3) is 2.45. The lowest BCUT2D eigenvalue weighted by atomic mass is 10.2. The first-order valence-electron chi connectivity index (χ1n) is 5.71. The molecule has 1 heterocycles. The minimum absolute atomic E-state index is 0.231. The summed E-state index contributed by atoms with van der Waals surface area (Å²) in [7, 11) is 3.21. The molecule has 0 N–H and O–H groups in total. The minimum Gasteiger partial charge on any atom is -0.497 e. The SMILES string of the molecule is COc1cc(OC)cc(-c2nc(C(C)C)no2)c1. The summed E-state index contributed by atoms with van der Waals surface area (Å²) in [4.78, 5) is 4.34. The van der Waals surface area contributed by atoms with Crippen molar-refractivity contribution in [1.82, 2.24) is 10.1 Å². The molecule has 0 saturated heterocycles. The fourth-order valence-corrected chi connectivity index (χ4v) is 1.52. The van der Waals surface area contributed by atoms with Crippen LogP contribution in [0.2, 0.25) is 0 Å². The fraction of sp³-hybridized carbons (Fsp3) is 0.385. The summed E-state index contributed by atoms with van der Waals surface area (Å²) < 4.78 is 15.6. The maximum absolute atomic E-state index is 5.24. The molecule has 0 fully saturated rings. The molecule has 0 amide bonds. The second kappa shape index (κ2) is 5.08. The van der Waals surface area contributed by atoms with Crippen LogP contribution in [0.1, 0.15) is 25.6 Å². The maximum atomic E-state index is 5.24. The van der Waals surface area contributed by atoms with E-state index in [1.165, 1.54) is 0 Å². The van der Waals surface area contributed by atoms with E-state index in [1.54, 1.807) is 20.3 Å². The van der Waals surface area contributed by atoms with Gasteiger partial charge in [0.25, 0.3) is 5.89 Å². The molecule has 2 rings (SSSR count). The Morgan fingerprint density at radius 1 is 1.06 bits per heavy atom. The van der Waals surface area contributed by atoms with Crippen LogP contribution in [0.15, 0.2) is 22.7 Å². The van der Waals surface area contributed by atoms with Crippen LogP contribution >= 0.6 is 0 Å². The molecule has 1 aromatic heterocycles. The van der Waals surface area contributed by atoms with Crippen molar-refractivity contribution in [3.8, 4) is 23.0 Å². The zero-order chi connectivity index (χ0) is 13.1. The number of nitrogens with zero attached hydrogens (tertiary/aromatic N) is 2. The molecule has 1 aromatic carbocycles. The van der Waals surface area contributed by atoms with Gasteiger partial charge in [0.15, 0.2) is 5.82 Å². The Morgan fingerprint density at radius 3 is 2.11 bits per heavy atom. The Balaban J connectivity index is 2.42. The van der Waals surface area contributed by atoms with Gasteiger partial charge < -0.3 is 14.0 Å². The lowest BCUT2D eigenvalue weighted by Gasteiger charge is -2.05. The molecule has 0 aliphatic heterocycles. The van der Waals surface area contributed by atoms with Crippen LogP contribution in [0.5, 0.6) is 11.5 Å². The monoisotopic (exact) mass is 248 g/mol. The summed E-state index contributed by atoms with van der Waals surface area (Å²) in [6, 6.07) is 5.46. The number of ether oxygens (including phenoxy) is 2. The highest BCUT2D eigenvalue weighted by Crippen LogP contribution is 2.29. The van der Waals surface area contributed by atoms with E-state index in [0.29, 0.717) is 23.2 Å². The summed E-state index contributed by atoms with van der Waals surface area (Å²) >= 11 is 0. The highest BCUT2D eigenvalue weighted by molar-refractivity contribution is 5.59. The molecule has 5 heteroatoms. The Labute approximate surface area is 106 Å². The predicted octanol–water partition coefficient (Wildman–Crippen LogP) is 2.88. The van der Waals surface area contributed by atoms with Crippen LogP contribution in [-0.4, -0.2) is 24.4 Å². The highest BCUT2D eigenvalue weighted by Gasteiger charge is 2.13. The molecular weight excluding hydrogens is 232 g/mol. The van der Waals surface area contributed by atoms with Gasteiger partial charge in [0.1, 0.15) is 11.5 Å². The summed E-state index contributed by atoms with van der Waals surface area (Å²) in [5.74, 6) is 2.76. The number of rotatable bonds is 4. The Bertz CT molecular complexity index is 513. The van der Waals surface area contributed by atoms with Gasteiger partial charge >= 0.3 is 0 Å². The number of aromatic nitrogens is 2. The average molecular weight is 248 g/mol. The topological polar surface area (TPSA) is 57.4 Å². The first-order valence-corrected chi connectivity index (χ1v) is 5.71. The van der Waals surface area contributed by atoms with E-state index in [9.17, 15) is 0 Å². The van der Waals surface area contributed by atoms with Crippen LogP contribution < -0.4 is 9.47 Å². The molecule has 0 aliphatic carbocycles. The van der Waals surface area contributed by atoms with Gasteiger partial charge in [-0.25, -0.2) is 0 Å². The van der Waals surface area contributed by atoms with Crippen molar-refractivity contribution >= 4 is 0 Å². The van der Waals surface area contributed by atoms with Gasteiger partial charge in [0, 0.05) is 17.5 Å². The zero-order valence-electron chi connectivity index (χ0n) is 10.9. The summed E-state index contributed by atoms with van der Waals surface area (Å²) in [6.45, 7) is 4.03. The standard InChI is InChI=1S/C13H16N2O3/c1-8(2)12-14-13(18-15-12)9-5-10(16-3)7-11(6-9)17-4/h5-8H,1-4H3. The van der Waals surface area contributed by atoms with Crippen LogP contribution in [0.25, 0.3) is 11.5 Å². The molecule has 5 nitrogen and oxygen atoms in total. The van der Waals surface area contributed by atoms with Crippen molar-refractivity contribution in [2.24, 2.45) is 0 Å². The summed E-state index contributed by atoms with van der Waals surface area (Å²) in [5, 5.41) is 3.94. The Kier molecular flexibility index (Phi) is 3.50. The Morgan fingerprint density at radius 2 is 1.67 bits per heavy atom. The molecule has 0 unspecified atom stereocenters. The van der Waals surface area contributed by atoms with Crippen molar-refractivity contribution in [1.29, 1.82) is 0 Å². The van der Waals surface area contributed by atoms with Crippen LogP contribution in [-0.2, 0) is 0 Å². The van der Waals surface area contributed by atoms with E-state index >= 15 is 0 Å². The lowest BCUT2D eigenvalue weighted by Crippen LogP contribution is -1.91. The average Bonchev–Trinajstić information content (AvgIpc) is 2.87. The molecule has 0 aliphatic rings. The normalized spacial score (nSPS) is 10.7. The van der Waals surface area contributed by atoms with E-state index in [-0.39, 0.29) is 5.92 Å².